The van der Waals surface area contributed by atoms with E-state index >= 15 is 0 Å². The van der Waals surface area contributed by atoms with Crippen LogP contribution in [-0.2, 0) is 5.41 Å². The molecule has 3 rings (SSSR count). The second kappa shape index (κ2) is 4.94. The lowest BCUT2D eigenvalue weighted by atomic mass is 9.91. The fraction of sp³-hybridized carbons (Fsp3) is 0.250. The summed E-state index contributed by atoms with van der Waals surface area (Å²) in [6.07, 6.45) is 1.68. The molecule has 0 radical (unpaired) electrons. The number of rotatable bonds is 2. The van der Waals surface area contributed by atoms with E-state index in [1.165, 1.54) is 0 Å². The van der Waals surface area contributed by atoms with E-state index in [2.05, 4.69) is 30.2 Å². The molecule has 2 heterocycles. The number of nitriles is 1. The molecule has 0 aliphatic carbocycles. The summed E-state index contributed by atoms with van der Waals surface area (Å²) in [5.74, 6) is 1.07. The third-order valence-corrected chi connectivity index (χ3v) is 3.75. The van der Waals surface area contributed by atoms with E-state index in [1.54, 1.807) is 24.4 Å². The first kappa shape index (κ1) is 13.7. The fourth-order valence-corrected chi connectivity index (χ4v) is 2.55. The molecule has 1 aliphatic heterocycles. The molecule has 1 aliphatic rings. The number of benzene rings is 1. The highest BCUT2D eigenvalue weighted by molar-refractivity contribution is 6.30. The van der Waals surface area contributed by atoms with Gasteiger partial charge in [-0.05, 0) is 18.2 Å². The summed E-state index contributed by atoms with van der Waals surface area (Å²) in [7, 11) is 0. The van der Waals surface area contributed by atoms with Crippen molar-refractivity contribution in [3.05, 3.63) is 46.7 Å². The number of nitrogens with zero attached hydrogens (tertiary/aromatic N) is 2. The fourth-order valence-electron chi connectivity index (χ4n) is 2.38. The van der Waals surface area contributed by atoms with Crippen LogP contribution in [-0.4, -0.2) is 11.5 Å². The lowest BCUT2D eigenvalue weighted by molar-refractivity contribution is 0.477. The van der Waals surface area contributed by atoms with Gasteiger partial charge in [-0.2, -0.15) is 5.26 Å². The Bertz CT molecular complexity index is 750. The summed E-state index contributed by atoms with van der Waals surface area (Å²) < 4.78 is 5.77. The first-order valence-electron chi connectivity index (χ1n) is 6.61. The van der Waals surface area contributed by atoms with Crippen LogP contribution in [0.1, 0.15) is 25.1 Å². The maximum absolute atomic E-state index is 9.13. The Labute approximate surface area is 128 Å². The van der Waals surface area contributed by atoms with E-state index in [4.69, 9.17) is 21.6 Å². The summed E-state index contributed by atoms with van der Waals surface area (Å²) in [5.41, 5.74) is 2.43. The highest BCUT2D eigenvalue weighted by Crippen LogP contribution is 2.37. The van der Waals surface area contributed by atoms with Crippen LogP contribution in [0, 0.1) is 11.3 Å². The minimum atomic E-state index is 0.0198. The molecular formula is C16H14ClN3O. The number of hydrogen-bond acceptors (Lipinski definition) is 4. The Balaban J connectivity index is 1.92. The van der Waals surface area contributed by atoms with Crippen LogP contribution >= 0.6 is 11.6 Å². The molecular weight excluding hydrogens is 286 g/mol. The van der Waals surface area contributed by atoms with Gasteiger partial charge in [0.1, 0.15) is 17.6 Å². The van der Waals surface area contributed by atoms with Gasteiger partial charge in [-0.15, -0.1) is 0 Å². The predicted molar refractivity (Wildman–Crippen MR) is 82.0 cm³/mol. The molecule has 0 spiro atoms. The van der Waals surface area contributed by atoms with Gasteiger partial charge in [0.25, 0.3) is 0 Å². The minimum Gasteiger partial charge on any atom is -0.454 e. The van der Waals surface area contributed by atoms with E-state index in [9.17, 15) is 0 Å². The van der Waals surface area contributed by atoms with Crippen molar-refractivity contribution in [1.82, 2.24) is 4.98 Å². The SMILES string of the molecule is CC1(C)CNc2cc(Oc3ccc(Cl)cc3C#N)cnc21. The second-order valence-corrected chi connectivity index (χ2v) is 6.10. The Morgan fingerprint density at radius 3 is 2.95 bits per heavy atom. The summed E-state index contributed by atoms with van der Waals surface area (Å²) in [6, 6.07) is 8.95. The van der Waals surface area contributed by atoms with Crippen molar-refractivity contribution in [2.45, 2.75) is 19.3 Å². The quantitative estimate of drug-likeness (QED) is 0.907. The number of pyridine rings is 1. The lowest BCUT2D eigenvalue weighted by Crippen LogP contribution is -2.19. The number of nitrogens with one attached hydrogen (secondary N) is 1. The molecule has 0 unspecified atom stereocenters. The molecule has 0 atom stereocenters. The third-order valence-electron chi connectivity index (χ3n) is 3.51. The lowest BCUT2D eigenvalue weighted by Gasteiger charge is -2.15. The Morgan fingerprint density at radius 1 is 1.38 bits per heavy atom. The van der Waals surface area contributed by atoms with Crippen LogP contribution in [0.3, 0.4) is 0 Å². The molecule has 106 valence electrons. The van der Waals surface area contributed by atoms with Gasteiger partial charge in [0.15, 0.2) is 0 Å². The van der Waals surface area contributed by atoms with Crippen molar-refractivity contribution in [3.63, 3.8) is 0 Å². The van der Waals surface area contributed by atoms with Crippen molar-refractivity contribution in [3.8, 4) is 17.6 Å². The summed E-state index contributed by atoms with van der Waals surface area (Å²) in [4.78, 5) is 4.48. The monoisotopic (exact) mass is 299 g/mol. The number of ether oxygens (including phenoxy) is 1. The molecule has 0 bridgehead atoms. The van der Waals surface area contributed by atoms with Gasteiger partial charge < -0.3 is 10.1 Å². The van der Waals surface area contributed by atoms with Crippen LogP contribution < -0.4 is 10.1 Å². The summed E-state index contributed by atoms with van der Waals surface area (Å²) in [6.45, 7) is 5.14. The number of halogens is 1. The van der Waals surface area contributed by atoms with Gasteiger partial charge in [0.05, 0.1) is 23.1 Å². The van der Waals surface area contributed by atoms with Gasteiger partial charge in [0.2, 0.25) is 0 Å². The maximum Gasteiger partial charge on any atom is 0.147 e. The zero-order valence-electron chi connectivity index (χ0n) is 11.8. The van der Waals surface area contributed by atoms with E-state index in [-0.39, 0.29) is 5.41 Å². The number of hydrogen-bond donors (Lipinski definition) is 1. The van der Waals surface area contributed by atoms with Gasteiger partial charge in [-0.25, -0.2) is 0 Å². The zero-order valence-corrected chi connectivity index (χ0v) is 12.5. The van der Waals surface area contributed by atoms with Gasteiger partial charge in [-0.3, -0.25) is 4.98 Å². The van der Waals surface area contributed by atoms with E-state index in [0.29, 0.717) is 22.1 Å². The average molecular weight is 300 g/mol. The normalized spacial score (nSPS) is 15.0. The maximum atomic E-state index is 9.13. The van der Waals surface area contributed by atoms with Crippen molar-refractivity contribution < 1.29 is 4.74 Å². The largest absolute Gasteiger partial charge is 0.454 e. The summed E-state index contributed by atoms with van der Waals surface area (Å²) >= 11 is 5.88. The topological polar surface area (TPSA) is 57.9 Å². The van der Waals surface area contributed by atoms with Crippen LogP contribution in [0.2, 0.25) is 5.02 Å². The Kier molecular flexibility index (Phi) is 3.23. The molecule has 0 fully saturated rings. The van der Waals surface area contributed by atoms with Crippen LogP contribution in [0.4, 0.5) is 5.69 Å². The molecule has 21 heavy (non-hydrogen) atoms. The molecule has 0 saturated heterocycles. The average Bonchev–Trinajstić information content (AvgIpc) is 2.76. The Morgan fingerprint density at radius 2 is 2.19 bits per heavy atom. The first-order chi connectivity index (χ1) is 9.99. The highest BCUT2D eigenvalue weighted by Gasteiger charge is 2.31. The number of fused-ring (bicyclic) bond motifs is 1. The zero-order chi connectivity index (χ0) is 15.0. The van der Waals surface area contributed by atoms with Crippen molar-refractivity contribution in [1.29, 1.82) is 5.26 Å². The first-order valence-corrected chi connectivity index (χ1v) is 6.99. The molecule has 0 saturated carbocycles. The van der Waals surface area contributed by atoms with Crippen molar-refractivity contribution >= 4 is 17.3 Å². The molecule has 1 aromatic carbocycles. The van der Waals surface area contributed by atoms with E-state index in [1.807, 2.05) is 6.07 Å². The molecule has 5 heteroatoms. The van der Waals surface area contributed by atoms with Gasteiger partial charge in [-0.1, -0.05) is 25.4 Å². The summed E-state index contributed by atoms with van der Waals surface area (Å²) in [5, 5.41) is 13.0. The predicted octanol–water partition coefficient (Wildman–Crippen LogP) is 4.10. The molecule has 2 aromatic rings. The van der Waals surface area contributed by atoms with Crippen LogP contribution in [0.15, 0.2) is 30.5 Å². The van der Waals surface area contributed by atoms with Gasteiger partial charge >= 0.3 is 0 Å². The number of anilines is 1. The van der Waals surface area contributed by atoms with Crippen molar-refractivity contribution in [2.24, 2.45) is 0 Å². The highest BCUT2D eigenvalue weighted by atomic mass is 35.5. The second-order valence-electron chi connectivity index (χ2n) is 5.66. The minimum absolute atomic E-state index is 0.0198. The van der Waals surface area contributed by atoms with Crippen LogP contribution in [0.5, 0.6) is 11.5 Å². The standard InChI is InChI=1S/C16H14ClN3O/c1-16(2)9-20-13-6-12(8-19-15(13)16)21-14-4-3-11(17)5-10(14)7-18/h3-6,8,20H,9H2,1-2H3. The number of aromatic nitrogens is 1. The molecule has 0 amide bonds. The Hall–Kier alpha value is -2.25. The van der Waals surface area contributed by atoms with E-state index in [0.717, 1.165) is 17.9 Å². The smallest absolute Gasteiger partial charge is 0.147 e. The molecule has 1 N–H and O–H groups in total. The molecule has 4 nitrogen and oxygen atoms in total. The van der Waals surface area contributed by atoms with E-state index < -0.39 is 0 Å². The van der Waals surface area contributed by atoms with Crippen LogP contribution in [0.25, 0.3) is 0 Å². The van der Waals surface area contributed by atoms with Crippen molar-refractivity contribution in [2.75, 3.05) is 11.9 Å². The third kappa shape index (κ3) is 2.53. The molecule has 1 aromatic heterocycles. The van der Waals surface area contributed by atoms with Gasteiger partial charge in [0, 0.05) is 23.0 Å².